The van der Waals surface area contributed by atoms with Gasteiger partial charge in [0.15, 0.2) is 0 Å². The van der Waals surface area contributed by atoms with Gasteiger partial charge in [0.25, 0.3) is 0 Å². The van der Waals surface area contributed by atoms with Crippen LogP contribution in [0.2, 0.25) is 0 Å². The van der Waals surface area contributed by atoms with Crippen LogP contribution in [0.25, 0.3) is 10.9 Å². The van der Waals surface area contributed by atoms with Crippen LogP contribution in [0.1, 0.15) is 18.9 Å². The smallest absolute Gasteiger partial charge is 0.221 e. The molecule has 0 fully saturated rings. The summed E-state index contributed by atoms with van der Waals surface area (Å²) in [4.78, 5) is 14.7. The van der Waals surface area contributed by atoms with E-state index in [0.717, 1.165) is 11.9 Å². The van der Waals surface area contributed by atoms with E-state index in [9.17, 15) is 4.79 Å². The van der Waals surface area contributed by atoms with E-state index in [4.69, 9.17) is 11.6 Å². The van der Waals surface area contributed by atoms with Crippen molar-refractivity contribution in [2.24, 2.45) is 0 Å². The van der Waals surface area contributed by atoms with E-state index < -0.39 is 0 Å². The number of hydrogen-bond donors (Lipinski definition) is 2. The second kappa shape index (κ2) is 5.91. The number of carbonyl (C=O) groups is 1. The van der Waals surface area contributed by atoms with E-state index in [1.165, 1.54) is 10.9 Å². The lowest BCUT2D eigenvalue weighted by molar-refractivity contribution is -0.121. The molecule has 3 nitrogen and oxygen atoms in total. The summed E-state index contributed by atoms with van der Waals surface area (Å²) in [5.41, 5.74) is 2.36. The highest BCUT2D eigenvalue weighted by Crippen LogP contribution is 2.18. The fourth-order valence-corrected chi connectivity index (χ4v) is 2.29. The van der Waals surface area contributed by atoms with Gasteiger partial charge in [-0.05, 0) is 25.0 Å². The zero-order valence-corrected chi connectivity index (χ0v) is 11.1. The molecule has 2 aromatic rings. The third-order valence-corrected chi connectivity index (χ3v) is 3.12. The molecule has 1 aromatic carbocycles. The molecule has 0 aliphatic heterocycles. The Balaban J connectivity index is 2.03. The van der Waals surface area contributed by atoms with Crippen LogP contribution in [0.3, 0.4) is 0 Å². The standard InChI is InChI=1S/C14H17ClN2O/c1-10(17-14(18)6-7-15)8-11-9-16-13-5-3-2-4-12(11)13/h2-5,9-10,16H,6-8H2,1H3,(H,17,18)/t10-/m1/s1. The highest BCUT2D eigenvalue weighted by Gasteiger charge is 2.10. The van der Waals surface area contributed by atoms with Crippen LogP contribution in [0.5, 0.6) is 0 Å². The molecule has 1 amide bonds. The number of para-hydroxylation sites is 1. The van der Waals surface area contributed by atoms with Crippen molar-refractivity contribution in [2.75, 3.05) is 5.88 Å². The van der Waals surface area contributed by atoms with Gasteiger partial charge in [-0.15, -0.1) is 11.6 Å². The molecule has 0 radical (unpaired) electrons. The maximum Gasteiger partial charge on any atom is 0.221 e. The Morgan fingerprint density at radius 1 is 1.44 bits per heavy atom. The van der Waals surface area contributed by atoms with Crippen molar-refractivity contribution in [2.45, 2.75) is 25.8 Å². The molecule has 2 rings (SSSR count). The van der Waals surface area contributed by atoms with Crippen molar-refractivity contribution in [3.8, 4) is 0 Å². The first-order valence-corrected chi connectivity index (χ1v) is 6.64. The van der Waals surface area contributed by atoms with E-state index in [2.05, 4.69) is 22.4 Å². The number of benzene rings is 1. The molecule has 1 aromatic heterocycles. The fourth-order valence-electron chi connectivity index (χ4n) is 2.11. The zero-order chi connectivity index (χ0) is 13.0. The maximum absolute atomic E-state index is 11.4. The largest absolute Gasteiger partial charge is 0.361 e. The Bertz CT molecular complexity index is 535. The monoisotopic (exact) mass is 264 g/mol. The molecule has 0 aliphatic rings. The molecule has 4 heteroatoms. The van der Waals surface area contributed by atoms with Gasteiger partial charge in [-0.3, -0.25) is 4.79 Å². The minimum absolute atomic E-state index is 0.0114. The average Bonchev–Trinajstić information content (AvgIpc) is 2.73. The predicted octanol–water partition coefficient (Wildman–Crippen LogP) is 2.84. The maximum atomic E-state index is 11.4. The average molecular weight is 265 g/mol. The number of aromatic nitrogens is 1. The second-order valence-electron chi connectivity index (χ2n) is 4.47. The summed E-state index contributed by atoms with van der Waals surface area (Å²) >= 11 is 5.53. The Morgan fingerprint density at radius 3 is 3.00 bits per heavy atom. The normalized spacial score (nSPS) is 12.6. The van der Waals surface area contributed by atoms with Gasteiger partial charge in [-0.2, -0.15) is 0 Å². The summed E-state index contributed by atoms with van der Waals surface area (Å²) in [6, 6.07) is 8.29. The van der Waals surface area contributed by atoms with E-state index >= 15 is 0 Å². The molecule has 0 aliphatic carbocycles. The molecular weight excluding hydrogens is 248 g/mol. The van der Waals surface area contributed by atoms with Crippen LogP contribution in [0, 0.1) is 0 Å². The van der Waals surface area contributed by atoms with Gasteiger partial charge in [-0.25, -0.2) is 0 Å². The number of amides is 1. The summed E-state index contributed by atoms with van der Waals surface area (Å²) < 4.78 is 0. The van der Waals surface area contributed by atoms with Crippen molar-refractivity contribution < 1.29 is 4.79 Å². The number of alkyl halides is 1. The topological polar surface area (TPSA) is 44.9 Å². The molecule has 18 heavy (non-hydrogen) atoms. The molecule has 1 heterocycles. The Labute approximate surface area is 112 Å². The quantitative estimate of drug-likeness (QED) is 0.802. The van der Waals surface area contributed by atoms with E-state index in [-0.39, 0.29) is 11.9 Å². The SMILES string of the molecule is C[C@H](Cc1c[nH]c2ccccc12)NC(=O)CCCl. The van der Waals surface area contributed by atoms with Crippen molar-refractivity contribution >= 4 is 28.4 Å². The lowest BCUT2D eigenvalue weighted by Gasteiger charge is -2.12. The number of fused-ring (bicyclic) bond motifs is 1. The van der Waals surface area contributed by atoms with Gasteiger partial charge in [0.1, 0.15) is 0 Å². The van der Waals surface area contributed by atoms with Gasteiger partial charge in [0, 0.05) is 35.4 Å². The molecule has 0 saturated heterocycles. The summed E-state index contributed by atoms with van der Waals surface area (Å²) in [6.07, 6.45) is 3.20. The molecule has 96 valence electrons. The highest BCUT2D eigenvalue weighted by molar-refractivity contribution is 6.18. The summed E-state index contributed by atoms with van der Waals surface area (Å²) in [6.45, 7) is 2.01. The molecular formula is C14H17ClN2O. The summed E-state index contributed by atoms with van der Waals surface area (Å²) in [7, 11) is 0. The Morgan fingerprint density at radius 2 is 2.22 bits per heavy atom. The van der Waals surface area contributed by atoms with Gasteiger partial charge in [0.2, 0.25) is 5.91 Å². The summed E-state index contributed by atoms with van der Waals surface area (Å²) in [5.74, 6) is 0.378. The van der Waals surface area contributed by atoms with Crippen molar-refractivity contribution in [1.82, 2.24) is 10.3 Å². The van der Waals surface area contributed by atoms with Crippen LogP contribution in [-0.2, 0) is 11.2 Å². The first kappa shape index (κ1) is 13.0. The molecule has 0 unspecified atom stereocenters. The van der Waals surface area contributed by atoms with Crippen molar-refractivity contribution in [1.29, 1.82) is 0 Å². The minimum atomic E-state index is 0.0114. The number of nitrogens with one attached hydrogen (secondary N) is 2. The highest BCUT2D eigenvalue weighted by atomic mass is 35.5. The van der Waals surface area contributed by atoms with Gasteiger partial charge >= 0.3 is 0 Å². The Hall–Kier alpha value is -1.48. The lowest BCUT2D eigenvalue weighted by Crippen LogP contribution is -2.34. The number of carbonyl (C=O) groups excluding carboxylic acids is 1. The number of rotatable bonds is 5. The minimum Gasteiger partial charge on any atom is -0.361 e. The summed E-state index contributed by atoms with van der Waals surface area (Å²) in [5, 5.41) is 4.16. The van der Waals surface area contributed by atoms with Crippen LogP contribution >= 0.6 is 11.6 Å². The predicted molar refractivity (Wildman–Crippen MR) is 74.9 cm³/mol. The number of H-pyrrole nitrogens is 1. The molecule has 1 atom stereocenters. The van der Waals surface area contributed by atoms with Gasteiger partial charge < -0.3 is 10.3 Å². The number of hydrogen-bond acceptors (Lipinski definition) is 1. The van der Waals surface area contributed by atoms with Gasteiger partial charge in [0.05, 0.1) is 0 Å². The first-order valence-electron chi connectivity index (χ1n) is 6.11. The lowest BCUT2D eigenvalue weighted by atomic mass is 10.1. The molecule has 0 saturated carbocycles. The molecule has 2 N–H and O–H groups in total. The van der Waals surface area contributed by atoms with E-state index in [1.807, 2.05) is 25.3 Å². The fraction of sp³-hybridized carbons (Fsp3) is 0.357. The van der Waals surface area contributed by atoms with Crippen LogP contribution in [0.4, 0.5) is 0 Å². The van der Waals surface area contributed by atoms with E-state index in [0.29, 0.717) is 12.3 Å². The second-order valence-corrected chi connectivity index (χ2v) is 4.85. The number of aromatic amines is 1. The third-order valence-electron chi connectivity index (χ3n) is 2.93. The number of halogens is 1. The molecule has 0 bridgehead atoms. The van der Waals surface area contributed by atoms with Crippen LogP contribution in [-0.4, -0.2) is 22.8 Å². The first-order chi connectivity index (χ1) is 8.70. The Kier molecular flexibility index (Phi) is 4.26. The van der Waals surface area contributed by atoms with E-state index in [1.54, 1.807) is 0 Å². The van der Waals surface area contributed by atoms with Crippen LogP contribution < -0.4 is 5.32 Å². The van der Waals surface area contributed by atoms with Crippen LogP contribution in [0.15, 0.2) is 30.5 Å². The zero-order valence-electron chi connectivity index (χ0n) is 10.4. The van der Waals surface area contributed by atoms with Crippen molar-refractivity contribution in [3.05, 3.63) is 36.0 Å². The third kappa shape index (κ3) is 3.05. The van der Waals surface area contributed by atoms with Crippen molar-refractivity contribution in [3.63, 3.8) is 0 Å². The van der Waals surface area contributed by atoms with Gasteiger partial charge in [-0.1, -0.05) is 18.2 Å². The molecule has 0 spiro atoms.